The largest absolute Gasteiger partial charge is 0.416 e. The molecule has 0 unspecified atom stereocenters. The van der Waals surface area contributed by atoms with Crippen LogP contribution >= 0.6 is 0 Å². The van der Waals surface area contributed by atoms with Crippen molar-refractivity contribution >= 4 is 16.7 Å². The van der Waals surface area contributed by atoms with Gasteiger partial charge in [0, 0.05) is 43.8 Å². The van der Waals surface area contributed by atoms with E-state index in [-0.39, 0.29) is 0 Å². The van der Waals surface area contributed by atoms with Crippen LogP contribution in [0.1, 0.15) is 11.3 Å². The van der Waals surface area contributed by atoms with Crippen LogP contribution in [0.25, 0.3) is 11.0 Å². The van der Waals surface area contributed by atoms with Gasteiger partial charge in [0.05, 0.1) is 5.56 Å². The summed E-state index contributed by atoms with van der Waals surface area (Å²) < 4.78 is 44.0. The van der Waals surface area contributed by atoms with Gasteiger partial charge < -0.3 is 9.42 Å². The highest BCUT2D eigenvalue weighted by molar-refractivity contribution is 5.79. The van der Waals surface area contributed by atoms with Crippen molar-refractivity contribution in [3.05, 3.63) is 59.8 Å². The molecule has 3 aromatic rings. The number of fused-ring (bicyclic) bond motifs is 1. The van der Waals surface area contributed by atoms with Gasteiger partial charge >= 0.3 is 6.18 Å². The Hall–Kier alpha value is -2.54. The fraction of sp³-hybridized carbons (Fsp3) is 0.316. The van der Waals surface area contributed by atoms with Gasteiger partial charge in [-0.3, -0.25) is 4.90 Å². The quantitative estimate of drug-likeness (QED) is 0.701. The lowest BCUT2D eigenvalue weighted by molar-refractivity contribution is -0.137. The molecular formula is C19H18F3N3O. The minimum Gasteiger partial charge on any atom is -0.369 e. The molecule has 0 aliphatic carbocycles. The summed E-state index contributed by atoms with van der Waals surface area (Å²) in [6.07, 6.45) is -4.31. The van der Waals surface area contributed by atoms with Gasteiger partial charge in [-0.25, -0.2) is 0 Å². The summed E-state index contributed by atoms with van der Waals surface area (Å²) in [5.41, 5.74) is 1.68. The third-order valence-corrected chi connectivity index (χ3v) is 4.74. The van der Waals surface area contributed by atoms with Crippen LogP contribution in [0.3, 0.4) is 0 Å². The Kier molecular flexibility index (Phi) is 4.32. The molecule has 1 fully saturated rings. The second kappa shape index (κ2) is 6.64. The molecule has 26 heavy (non-hydrogen) atoms. The molecule has 0 atom stereocenters. The summed E-state index contributed by atoms with van der Waals surface area (Å²) in [6.45, 7) is 3.55. The Morgan fingerprint density at radius 2 is 1.73 bits per heavy atom. The minimum absolute atomic E-state index is 0.605. The molecular weight excluding hydrogens is 343 g/mol. The van der Waals surface area contributed by atoms with E-state index >= 15 is 0 Å². The molecule has 0 saturated carbocycles. The summed E-state index contributed by atoms with van der Waals surface area (Å²) in [6, 6.07) is 13.3. The first-order chi connectivity index (χ1) is 12.5. The van der Waals surface area contributed by atoms with Crippen molar-refractivity contribution < 1.29 is 17.7 Å². The molecule has 2 aromatic carbocycles. The van der Waals surface area contributed by atoms with Gasteiger partial charge in [-0.1, -0.05) is 23.4 Å². The number of anilines is 1. The van der Waals surface area contributed by atoms with E-state index < -0.39 is 11.7 Å². The molecule has 0 bridgehead atoms. The van der Waals surface area contributed by atoms with E-state index in [1.165, 1.54) is 12.1 Å². The number of alkyl halides is 3. The van der Waals surface area contributed by atoms with Gasteiger partial charge in [-0.2, -0.15) is 13.2 Å². The van der Waals surface area contributed by atoms with E-state index in [9.17, 15) is 13.2 Å². The van der Waals surface area contributed by atoms with E-state index in [0.717, 1.165) is 35.8 Å². The molecule has 4 nitrogen and oxygen atoms in total. The Morgan fingerprint density at radius 1 is 0.962 bits per heavy atom. The average Bonchev–Trinajstić information content (AvgIpc) is 3.05. The Balaban J connectivity index is 1.41. The highest BCUT2D eigenvalue weighted by Crippen LogP contribution is 2.32. The number of benzene rings is 2. The molecule has 0 N–H and O–H groups in total. The highest BCUT2D eigenvalue weighted by atomic mass is 19.4. The Bertz CT molecular complexity index is 898. The molecule has 1 aromatic heterocycles. The zero-order valence-electron chi connectivity index (χ0n) is 14.0. The summed E-state index contributed by atoms with van der Waals surface area (Å²) in [4.78, 5) is 4.24. The summed E-state index contributed by atoms with van der Waals surface area (Å²) in [7, 11) is 0. The molecule has 0 amide bonds. The van der Waals surface area contributed by atoms with Gasteiger partial charge in [0.2, 0.25) is 0 Å². The van der Waals surface area contributed by atoms with Crippen molar-refractivity contribution in [2.45, 2.75) is 12.7 Å². The van der Waals surface area contributed by atoms with Crippen LogP contribution in [0, 0.1) is 0 Å². The molecule has 2 heterocycles. The van der Waals surface area contributed by atoms with Crippen molar-refractivity contribution in [3.63, 3.8) is 0 Å². The third kappa shape index (κ3) is 3.39. The number of para-hydroxylation sites is 1. The smallest absolute Gasteiger partial charge is 0.369 e. The number of piperazine rings is 1. The fourth-order valence-corrected chi connectivity index (χ4v) is 3.31. The second-order valence-corrected chi connectivity index (χ2v) is 6.44. The molecule has 4 rings (SSSR count). The minimum atomic E-state index is -4.31. The molecule has 7 heteroatoms. The molecule has 1 aliphatic heterocycles. The summed E-state index contributed by atoms with van der Waals surface area (Å²) >= 11 is 0. The van der Waals surface area contributed by atoms with E-state index in [0.29, 0.717) is 25.3 Å². The predicted octanol–water partition coefficient (Wildman–Crippen LogP) is 4.17. The van der Waals surface area contributed by atoms with Crippen LogP contribution in [0.2, 0.25) is 0 Å². The van der Waals surface area contributed by atoms with Gasteiger partial charge in [0.1, 0.15) is 5.69 Å². The van der Waals surface area contributed by atoms with Crippen molar-refractivity contribution in [2.75, 3.05) is 31.1 Å². The number of rotatable bonds is 3. The van der Waals surface area contributed by atoms with Crippen LogP contribution < -0.4 is 4.90 Å². The van der Waals surface area contributed by atoms with E-state index in [2.05, 4.69) is 10.1 Å². The number of hydrogen-bond donors (Lipinski definition) is 0. The second-order valence-electron chi connectivity index (χ2n) is 6.44. The van der Waals surface area contributed by atoms with Crippen molar-refractivity contribution in [3.8, 4) is 0 Å². The number of hydrogen-bond acceptors (Lipinski definition) is 4. The standard InChI is InChI=1S/C19H18F3N3O/c20-19(21,22)14-4-3-5-15(12-14)25-10-8-24(9-11-25)13-17-16-6-1-2-7-18(16)26-23-17/h1-7,12H,8-11,13H2. The van der Waals surface area contributed by atoms with Crippen molar-refractivity contribution in [2.24, 2.45) is 0 Å². The maximum atomic E-state index is 12.9. The first-order valence-electron chi connectivity index (χ1n) is 8.48. The van der Waals surface area contributed by atoms with Gasteiger partial charge in [0.15, 0.2) is 5.58 Å². The molecule has 1 aliphatic rings. The van der Waals surface area contributed by atoms with E-state index in [4.69, 9.17) is 4.52 Å². The van der Waals surface area contributed by atoms with Crippen LogP contribution in [0.5, 0.6) is 0 Å². The maximum absolute atomic E-state index is 12.9. The predicted molar refractivity (Wildman–Crippen MR) is 92.9 cm³/mol. The topological polar surface area (TPSA) is 32.5 Å². The van der Waals surface area contributed by atoms with Gasteiger partial charge in [-0.05, 0) is 30.3 Å². The van der Waals surface area contributed by atoms with Crippen LogP contribution in [0.15, 0.2) is 53.1 Å². The zero-order valence-corrected chi connectivity index (χ0v) is 14.0. The molecule has 0 spiro atoms. The monoisotopic (exact) mass is 361 g/mol. The average molecular weight is 361 g/mol. The van der Waals surface area contributed by atoms with Gasteiger partial charge in [-0.15, -0.1) is 0 Å². The first kappa shape index (κ1) is 16.9. The number of nitrogens with zero attached hydrogens (tertiary/aromatic N) is 3. The summed E-state index contributed by atoms with van der Waals surface area (Å²) in [5.74, 6) is 0. The first-order valence-corrected chi connectivity index (χ1v) is 8.48. The Labute approximate surface area is 148 Å². The highest BCUT2D eigenvalue weighted by Gasteiger charge is 2.31. The van der Waals surface area contributed by atoms with Crippen LogP contribution in [-0.2, 0) is 12.7 Å². The Morgan fingerprint density at radius 3 is 2.50 bits per heavy atom. The maximum Gasteiger partial charge on any atom is 0.416 e. The molecule has 1 saturated heterocycles. The van der Waals surface area contributed by atoms with Crippen LogP contribution in [0.4, 0.5) is 18.9 Å². The van der Waals surface area contributed by atoms with Crippen molar-refractivity contribution in [1.82, 2.24) is 10.1 Å². The van der Waals surface area contributed by atoms with E-state index in [1.807, 2.05) is 29.2 Å². The zero-order chi connectivity index (χ0) is 18.1. The third-order valence-electron chi connectivity index (χ3n) is 4.74. The lowest BCUT2D eigenvalue weighted by Gasteiger charge is -2.36. The van der Waals surface area contributed by atoms with E-state index in [1.54, 1.807) is 6.07 Å². The lowest BCUT2D eigenvalue weighted by atomic mass is 10.1. The summed E-state index contributed by atoms with van der Waals surface area (Å²) in [5, 5.41) is 5.16. The van der Waals surface area contributed by atoms with Crippen molar-refractivity contribution in [1.29, 1.82) is 0 Å². The lowest BCUT2D eigenvalue weighted by Crippen LogP contribution is -2.46. The number of halogens is 3. The van der Waals surface area contributed by atoms with Gasteiger partial charge in [0.25, 0.3) is 0 Å². The van der Waals surface area contributed by atoms with Crippen LogP contribution in [-0.4, -0.2) is 36.2 Å². The molecule has 136 valence electrons. The SMILES string of the molecule is FC(F)(F)c1cccc(N2CCN(Cc3noc4ccccc34)CC2)c1. The normalized spacial score (nSPS) is 16.3. The fourth-order valence-electron chi connectivity index (χ4n) is 3.31. The molecule has 0 radical (unpaired) electrons. The number of aromatic nitrogens is 1.